The Morgan fingerprint density at radius 3 is 1.02 bits per heavy atom. The Labute approximate surface area is 364 Å². The number of nitrogens with zero attached hydrogens (tertiary/aromatic N) is 2. The zero-order valence-electron chi connectivity index (χ0n) is 35.5. The normalized spacial score (nSPS) is 13.3. The number of para-hydroxylation sites is 4. The summed E-state index contributed by atoms with van der Waals surface area (Å²) in [5.41, 5.74) is 16.6. The monoisotopic (exact) mass is 808 g/mol. The highest BCUT2D eigenvalue weighted by Crippen LogP contribution is 2.38. The van der Waals surface area contributed by atoms with E-state index < -0.39 is 8.07 Å². The molecule has 0 spiro atoms. The third-order valence-corrected chi connectivity index (χ3v) is 18.9. The summed E-state index contributed by atoms with van der Waals surface area (Å²) < 4.78 is 5.25. The fourth-order valence-corrected chi connectivity index (χ4v) is 16.9. The molecule has 0 fully saturated rings. The number of hydrogen-bond donors (Lipinski definition) is 0. The second kappa shape index (κ2) is 14.0. The van der Waals surface area contributed by atoms with Crippen LogP contribution in [0, 0.1) is 27.7 Å². The summed E-state index contributed by atoms with van der Waals surface area (Å²) in [6.07, 6.45) is 0. The SMILES string of the molecule is Cc1cccc2c3cccc(C)c3n(-c3cccc(-n4c5c(C)cccc5c5cccc(C)c54)c3B3c4ccccc4[Si](c4ccccc4)(c4ccccc4)c4ccccc43)c12. The standard InChI is InChI=1S/C58H45BN2Si/c1-38-20-15-28-44-45-29-16-21-39(2)56(45)60(55(38)44)50-34-19-35-51(61-57-40(3)22-17-30-46(57)47-31-18-23-41(4)58(47)61)54(50)59-48-32-11-13-36-52(48)62(42-24-7-5-8-25-42,43-26-9-6-10-27-43)53-37-14-12-33-49(53)59/h5-37H,1-4H3. The second-order valence-electron chi connectivity index (χ2n) is 17.4. The molecule has 12 rings (SSSR count). The summed E-state index contributed by atoms with van der Waals surface area (Å²) in [6, 6.07) is 76.1. The molecule has 2 aromatic heterocycles. The van der Waals surface area contributed by atoms with Crippen molar-refractivity contribution in [1.29, 1.82) is 0 Å². The molecule has 0 amide bonds. The first kappa shape index (κ1) is 36.7. The molecule has 0 unspecified atom stereocenters. The Hall–Kier alpha value is -7.14. The van der Waals surface area contributed by atoms with Crippen LogP contribution < -0.4 is 37.1 Å². The lowest BCUT2D eigenvalue weighted by molar-refractivity contribution is 1.13. The summed E-state index contributed by atoms with van der Waals surface area (Å²) in [7, 11) is -2.84. The molecular formula is C58H45BN2Si. The van der Waals surface area contributed by atoms with E-state index in [4.69, 9.17) is 0 Å². The van der Waals surface area contributed by atoms with Crippen molar-refractivity contribution in [2.75, 3.05) is 0 Å². The Morgan fingerprint density at radius 2 is 0.645 bits per heavy atom. The zero-order valence-corrected chi connectivity index (χ0v) is 36.5. The van der Waals surface area contributed by atoms with Gasteiger partial charge in [0.05, 0.1) is 22.1 Å². The van der Waals surface area contributed by atoms with Gasteiger partial charge in [0.2, 0.25) is 6.71 Å². The molecule has 11 aromatic rings. The van der Waals surface area contributed by atoms with Crippen molar-refractivity contribution in [2.45, 2.75) is 27.7 Å². The van der Waals surface area contributed by atoms with Crippen LogP contribution in [0.1, 0.15) is 22.3 Å². The smallest absolute Gasteiger partial charge is 0.246 e. The Balaban J connectivity index is 1.31. The van der Waals surface area contributed by atoms with Gasteiger partial charge in [-0.25, -0.2) is 0 Å². The first-order chi connectivity index (χ1) is 30.5. The molecule has 0 atom stereocenters. The van der Waals surface area contributed by atoms with Crippen molar-refractivity contribution in [3.05, 3.63) is 222 Å². The highest BCUT2D eigenvalue weighted by molar-refractivity contribution is 7.26. The topological polar surface area (TPSA) is 9.86 Å². The largest absolute Gasteiger partial charge is 0.309 e. The summed E-state index contributed by atoms with van der Waals surface area (Å²) in [5, 5.41) is 10.8. The maximum Gasteiger partial charge on any atom is 0.246 e. The predicted molar refractivity (Wildman–Crippen MR) is 269 cm³/mol. The molecule has 0 aliphatic carbocycles. The van der Waals surface area contributed by atoms with Gasteiger partial charge in [0.15, 0.2) is 8.07 Å². The highest BCUT2D eigenvalue weighted by Gasteiger charge is 2.50. The van der Waals surface area contributed by atoms with Crippen molar-refractivity contribution in [1.82, 2.24) is 9.13 Å². The molecule has 0 saturated heterocycles. The van der Waals surface area contributed by atoms with Gasteiger partial charge in [-0.05, 0) is 88.3 Å². The molecule has 0 bridgehead atoms. The first-order valence-corrected chi connectivity index (χ1v) is 23.9. The summed E-state index contributed by atoms with van der Waals surface area (Å²) >= 11 is 0. The van der Waals surface area contributed by atoms with Crippen molar-refractivity contribution in [2.24, 2.45) is 0 Å². The lowest BCUT2D eigenvalue weighted by atomic mass is 9.35. The minimum atomic E-state index is -2.84. The van der Waals surface area contributed by atoms with Crippen LogP contribution in [0.4, 0.5) is 0 Å². The van der Waals surface area contributed by atoms with Crippen LogP contribution in [0.3, 0.4) is 0 Å². The van der Waals surface area contributed by atoms with Crippen molar-refractivity contribution in [3.8, 4) is 11.4 Å². The summed E-state index contributed by atoms with van der Waals surface area (Å²) in [5.74, 6) is 0. The van der Waals surface area contributed by atoms with Gasteiger partial charge in [-0.1, -0.05) is 199 Å². The van der Waals surface area contributed by atoms with E-state index in [2.05, 4.69) is 237 Å². The van der Waals surface area contributed by atoms with Gasteiger partial charge in [0.1, 0.15) is 0 Å². The molecule has 62 heavy (non-hydrogen) atoms. The second-order valence-corrected chi connectivity index (χ2v) is 21.1. The number of fused-ring (bicyclic) bond motifs is 8. The average Bonchev–Trinajstić information content (AvgIpc) is 3.85. The number of aromatic nitrogens is 2. The molecule has 1 aliphatic heterocycles. The molecule has 2 nitrogen and oxygen atoms in total. The van der Waals surface area contributed by atoms with E-state index in [1.54, 1.807) is 0 Å². The highest BCUT2D eigenvalue weighted by atomic mass is 28.3. The molecule has 9 aromatic carbocycles. The van der Waals surface area contributed by atoms with Crippen LogP contribution in [-0.4, -0.2) is 23.9 Å². The maximum atomic E-state index is 2.63. The summed E-state index contributed by atoms with van der Waals surface area (Å²) in [6.45, 7) is 9.02. The molecular weight excluding hydrogens is 764 g/mol. The van der Waals surface area contributed by atoms with E-state index in [-0.39, 0.29) is 6.71 Å². The molecule has 0 radical (unpaired) electrons. The first-order valence-electron chi connectivity index (χ1n) is 21.9. The number of benzene rings is 9. The van der Waals surface area contributed by atoms with Gasteiger partial charge in [0.25, 0.3) is 0 Å². The number of aryl methyl sites for hydroxylation is 4. The fourth-order valence-electron chi connectivity index (χ4n) is 11.6. The zero-order chi connectivity index (χ0) is 41.7. The Kier molecular flexibility index (Phi) is 8.26. The number of rotatable bonds is 5. The van der Waals surface area contributed by atoms with Crippen LogP contribution in [0.15, 0.2) is 200 Å². The summed E-state index contributed by atoms with van der Waals surface area (Å²) in [4.78, 5) is 0. The molecule has 294 valence electrons. The third-order valence-electron chi connectivity index (χ3n) is 14.0. The third kappa shape index (κ3) is 4.99. The van der Waals surface area contributed by atoms with Crippen molar-refractivity contribution >= 4 is 95.5 Å². The van der Waals surface area contributed by atoms with Crippen molar-refractivity contribution < 1.29 is 0 Å². The Bertz CT molecular complexity index is 3230. The van der Waals surface area contributed by atoms with E-state index in [1.807, 2.05) is 0 Å². The van der Waals surface area contributed by atoms with Gasteiger partial charge >= 0.3 is 0 Å². The van der Waals surface area contributed by atoms with Gasteiger partial charge in [-0.3, -0.25) is 0 Å². The van der Waals surface area contributed by atoms with Crippen LogP contribution in [0.25, 0.3) is 55.0 Å². The lowest BCUT2D eigenvalue weighted by Gasteiger charge is -2.43. The van der Waals surface area contributed by atoms with Gasteiger partial charge in [-0.15, -0.1) is 0 Å². The van der Waals surface area contributed by atoms with Crippen LogP contribution >= 0.6 is 0 Å². The Morgan fingerprint density at radius 1 is 0.323 bits per heavy atom. The predicted octanol–water partition coefficient (Wildman–Crippen LogP) is 9.32. The van der Waals surface area contributed by atoms with Crippen LogP contribution in [0.5, 0.6) is 0 Å². The molecule has 0 saturated carbocycles. The van der Waals surface area contributed by atoms with E-state index in [0.717, 1.165) is 0 Å². The molecule has 0 N–H and O–H groups in total. The van der Waals surface area contributed by atoms with Crippen LogP contribution in [-0.2, 0) is 0 Å². The average molecular weight is 809 g/mol. The van der Waals surface area contributed by atoms with Gasteiger partial charge in [0, 0.05) is 32.9 Å². The van der Waals surface area contributed by atoms with E-state index in [9.17, 15) is 0 Å². The molecule has 3 heterocycles. The quantitative estimate of drug-likeness (QED) is 0.154. The minimum Gasteiger partial charge on any atom is -0.309 e. The van der Waals surface area contributed by atoms with E-state index >= 15 is 0 Å². The van der Waals surface area contributed by atoms with Gasteiger partial charge in [-0.2, -0.15) is 0 Å². The van der Waals surface area contributed by atoms with E-state index in [0.29, 0.717) is 0 Å². The number of hydrogen-bond acceptors (Lipinski definition) is 0. The lowest BCUT2D eigenvalue weighted by Crippen LogP contribution is -2.86. The van der Waals surface area contributed by atoms with E-state index in [1.165, 1.54) is 114 Å². The molecule has 1 aliphatic rings. The molecule has 4 heteroatoms. The van der Waals surface area contributed by atoms with Crippen LogP contribution in [0.2, 0.25) is 0 Å². The maximum absolute atomic E-state index is 2.84. The minimum absolute atomic E-state index is 0.0947. The fraction of sp³-hybridized carbons (Fsp3) is 0.0690. The van der Waals surface area contributed by atoms with Gasteiger partial charge < -0.3 is 9.13 Å². The van der Waals surface area contributed by atoms with Crippen molar-refractivity contribution in [3.63, 3.8) is 0 Å².